The van der Waals surface area contributed by atoms with Crippen molar-refractivity contribution in [2.24, 2.45) is 0 Å². The molecule has 1 aromatic rings. The molecule has 1 atom stereocenters. The van der Waals surface area contributed by atoms with Gasteiger partial charge in [0.2, 0.25) is 0 Å². The SMILES string of the molecule is CC(C)c1nc(C(C)N2CCNCC2)sc1C(=O)O. The number of thiazole rings is 1. The molecule has 0 amide bonds. The molecule has 6 heteroatoms. The molecule has 2 heterocycles. The van der Waals surface area contributed by atoms with Gasteiger partial charge in [-0.15, -0.1) is 11.3 Å². The van der Waals surface area contributed by atoms with Gasteiger partial charge in [0.05, 0.1) is 11.7 Å². The van der Waals surface area contributed by atoms with Gasteiger partial charge < -0.3 is 10.4 Å². The molecule has 1 aromatic heterocycles. The van der Waals surface area contributed by atoms with Gasteiger partial charge in [0.15, 0.2) is 0 Å². The molecule has 0 radical (unpaired) electrons. The zero-order valence-electron chi connectivity index (χ0n) is 11.6. The normalized spacial score (nSPS) is 18.7. The summed E-state index contributed by atoms with van der Waals surface area (Å²) in [6, 6.07) is 0.192. The van der Waals surface area contributed by atoms with Crippen LogP contribution in [0.25, 0.3) is 0 Å². The van der Waals surface area contributed by atoms with Crippen molar-refractivity contribution in [2.45, 2.75) is 32.7 Å². The molecule has 0 spiro atoms. The number of aromatic carboxylic acids is 1. The molecule has 0 bridgehead atoms. The smallest absolute Gasteiger partial charge is 0.347 e. The number of hydrogen-bond donors (Lipinski definition) is 2. The minimum atomic E-state index is -0.861. The average Bonchev–Trinajstić information content (AvgIpc) is 2.84. The number of hydrogen-bond acceptors (Lipinski definition) is 5. The van der Waals surface area contributed by atoms with Crippen molar-refractivity contribution in [1.29, 1.82) is 0 Å². The number of carboxylic acid groups (broad SMARTS) is 1. The Bertz CT molecular complexity index is 453. The van der Waals surface area contributed by atoms with Crippen LogP contribution in [0, 0.1) is 0 Å². The molecule has 2 rings (SSSR count). The van der Waals surface area contributed by atoms with Crippen LogP contribution in [0.1, 0.15) is 53.1 Å². The van der Waals surface area contributed by atoms with Crippen LogP contribution in [0.15, 0.2) is 0 Å². The molecule has 0 saturated carbocycles. The first-order valence-electron chi connectivity index (χ1n) is 6.69. The van der Waals surface area contributed by atoms with Crippen LogP contribution in [-0.2, 0) is 0 Å². The van der Waals surface area contributed by atoms with Gasteiger partial charge in [-0.1, -0.05) is 13.8 Å². The summed E-state index contributed by atoms with van der Waals surface area (Å²) in [5.74, 6) is -0.716. The fourth-order valence-electron chi connectivity index (χ4n) is 2.30. The van der Waals surface area contributed by atoms with Gasteiger partial charge in [-0.3, -0.25) is 4.90 Å². The van der Waals surface area contributed by atoms with Crippen LogP contribution in [-0.4, -0.2) is 47.1 Å². The summed E-state index contributed by atoms with van der Waals surface area (Å²) < 4.78 is 0. The van der Waals surface area contributed by atoms with Gasteiger partial charge in [0.25, 0.3) is 0 Å². The third-order valence-corrected chi connectivity index (χ3v) is 4.70. The lowest BCUT2D eigenvalue weighted by atomic mass is 10.1. The Balaban J connectivity index is 2.24. The van der Waals surface area contributed by atoms with Crippen LogP contribution in [0.4, 0.5) is 0 Å². The van der Waals surface area contributed by atoms with E-state index >= 15 is 0 Å². The van der Waals surface area contributed by atoms with E-state index in [0.717, 1.165) is 36.9 Å². The van der Waals surface area contributed by atoms with Crippen molar-refractivity contribution in [3.8, 4) is 0 Å². The number of aromatic nitrogens is 1. The lowest BCUT2D eigenvalue weighted by molar-refractivity contribution is 0.0700. The maximum absolute atomic E-state index is 11.3. The third-order valence-electron chi connectivity index (χ3n) is 3.47. The summed E-state index contributed by atoms with van der Waals surface area (Å²) in [6.45, 7) is 10.0. The molecule has 0 aromatic carbocycles. The topological polar surface area (TPSA) is 65.5 Å². The molecule has 1 saturated heterocycles. The molecule has 1 fully saturated rings. The van der Waals surface area contributed by atoms with Crippen molar-refractivity contribution >= 4 is 17.3 Å². The Morgan fingerprint density at radius 3 is 2.47 bits per heavy atom. The lowest BCUT2D eigenvalue weighted by Crippen LogP contribution is -2.44. The standard InChI is InChI=1S/C13H21N3O2S/c1-8(2)10-11(13(17)18)19-12(15-10)9(3)16-6-4-14-5-7-16/h8-9,14H,4-7H2,1-3H3,(H,17,18). The summed E-state index contributed by atoms with van der Waals surface area (Å²) in [7, 11) is 0. The van der Waals surface area contributed by atoms with Crippen molar-refractivity contribution in [1.82, 2.24) is 15.2 Å². The minimum Gasteiger partial charge on any atom is -0.477 e. The zero-order valence-corrected chi connectivity index (χ0v) is 12.5. The first-order valence-corrected chi connectivity index (χ1v) is 7.51. The van der Waals surface area contributed by atoms with Gasteiger partial charge >= 0.3 is 5.97 Å². The van der Waals surface area contributed by atoms with Crippen molar-refractivity contribution in [3.05, 3.63) is 15.6 Å². The van der Waals surface area contributed by atoms with Crippen molar-refractivity contribution in [3.63, 3.8) is 0 Å². The quantitative estimate of drug-likeness (QED) is 0.884. The van der Waals surface area contributed by atoms with E-state index in [1.807, 2.05) is 13.8 Å². The van der Waals surface area contributed by atoms with E-state index in [4.69, 9.17) is 0 Å². The zero-order chi connectivity index (χ0) is 14.0. The average molecular weight is 283 g/mol. The molecular weight excluding hydrogens is 262 g/mol. The number of nitrogens with zero attached hydrogens (tertiary/aromatic N) is 2. The van der Waals surface area contributed by atoms with Gasteiger partial charge in [-0.25, -0.2) is 9.78 Å². The summed E-state index contributed by atoms with van der Waals surface area (Å²) in [6.07, 6.45) is 0. The predicted octanol–water partition coefficient (Wildman–Crippen LogP) is 1.93. The van der Waals surface area contributed by atoms with Gasteiger partial charge in [0, 0.05) is 26.2 Å². The number of carbonyl (C=O) groups is 1. The second-order valence-electron chi connectivity index (χ2n) is 5.19. The molecule has 0 aliphatic carbocycles. The Kier molecular flexibility index (Phi) is 4.54. The maximum atomic E-state index is 11.3. The molecule has 1 aliphatic rings. The Hall–Kier alpha value is -0.980. The van der Waals surface area contributed by atoms with Crippen LogP contribution in [0.5, 0.6) is 0 Å². The van der Waals surface area contributed by atoms with E-state index in [1.54, 1.807) is 0 Å². The molecule has 1 unspecified atom stereocenters. The van der Waals surface area contributed by atoms with E-state index in [-0.39, 0.29) is 12.0 Å². The van der Waals surface area contributed by atoms with E-state index in [2.05, 4.69) is 22.1 Å². The lowest BCUT2D eigenvalue weighted by Gasteiger charge is -2.31. The maximum Gasteiger partial charge on any atom is 0.347 e. The first kappa shape index (κ1) is 14.4. The highest BCUT2D eigenvalue weighted by molar-refractivity contribution is 7.13. The molecule has 106 valence electrons. The highest BCUT2D eigenvalue weighted by atomic mass is 32.1. The van der Waals surface area contributed by atoms with E-state index in [1.165, 1.54) is 11.3 Å². The van der Waals surface area contributed by atoms with Crippen molar-refractivity contribution in [2.75, 3.05) is 26.2 Å². The molecular formula is C13H21N3O2S. The Labute approximate surface area is 117 Å². The molecule has 1 aliphatic heterocycles. The largest absolute Gasteiger partial charge is 0.477 e. The van der Waals surface area contributed by atoms with Crippen LogP contribution >= 0.6 is 11.3 Å². The second-order valence-corrected chi connectivity index (χ2v) is 6.22. The molecule has 19 heavy (non-hydrogen) atoms. The number of piperazine rings is 1. The second kappa shape index (κ2) is 5.98. The van der Waals surface area contributed by atoms with E-state index in [9.17, 15) is 9.90 Å². The first-order chi connectivity index (χ1) is 9.00. The monoisotopic (exact) mass is 283 g/mol. The van der Waals surface area contributed by atoms with Crippen molar-refractivity contribution < 1.29 is 9.90 Å². The van der Waals surface area contributed by atoms with Crippen LogP contribution in [0.3, 0.4) is 0 Å². The highest BCUT2D eigenvalue weighted by Crippen LogP contribution is 2.31. The highest BCUT2D eigenvalue weighted by Gasteiger charge is 2.25. The van der Waals surface area contributed by atoms with Crippen LogP contribution < -0.4 is 5.32 Å². The van der Waals surface area contributed by atoms with Crippen LogP contribution in [0.2, 0.25) is 0 Å². The fraction of sp³-hybridized carbons (Fsp3) is 0.692. The van der Waals surface area contributed by atoms with Gasteiger partial charge in [0.1, 0.15) is 9.88 Å². The Morgan fingerprint density at radius 2 is 2.00 bits per heavy atom. The summed E-state index contributed by atoms with van der Waals surface area (Å²) in [5.41, 5.74) is 0.717. The molecule has 2 N–H and O–H groups in total. The van der Waals surface area contributed by atoms with E-state index < -0.39 is 5.97 Å². The number of rotatable bonds is 4. The fourth-order valence-corrected chi connectivity index (χ4v) is 3.44. The summed E-state index contributed by atoms with van der Waals surface area (Å²) in [4.78, 5) is 18.6. The molecule has 5 nitrogen and oxygen atoms in total. The summed E-state index contributed by atoms with van der Waals surface area (Å²) >= 11 is 1.32. The van der Waals surface area contributed by atoms with Gasteiger partial charge in [-0.2, -0.15) is 0 Å². The van der Waals surface area contributed by atoms with Gasteiger partial charge in [-0.05, 0) is 12.8 Å². The number of nitrogens with one attached hydrogen (secondary N) is 1. The number of carboxylic acids is 1. The predicted molar refractivity (Wildman–Crippen MR) is 76.0 cm³/mol. The van der Waals surface area contributed by atoms with E-state index in [0.29, 0.717) is 4.88 Å². The minimum absolute atomic E-state index is 0.145. The Morgan fingerprint density at radius 1 is 1.37 bits per heavy atom. The third kappa shape index (κ3) is 3.13. The summed E-state index contributed by atoms with van der Waals surface area (Å²) in [5, 5.41) is 13.5.